The van der Waals surface area contributed by atoms with Gasteiger partial charge in [0.05, 0.1) is 12.3 Å². The van der Waals surface area contributed by atoms with E-state index in [1.54, 1.807) is 11.1 Å². The molecule has 1 amide bonds. The molecule has 3 aliphatic rings. The lowest BCUT2D eigenvalue weighted by molar-refractivity contribution is -0.144. The van der Waals surface area contributed by atoms with Gasteiger partial charge in [-0.1, -0.05) is 30.2 Å². The molecule has 2 heterocycles. The highest BCUT2D eigenvalue weighted by atomic mass is 16.5. The molecule has 22 heavy (non-hydrogen) atoms. The number of amides is 1. The van der Waals surface area contributed by atoms with E-state index in [9.17, 15) is 4.79 Å². The van der Waals surface area contributed by atoms with Gasteiger partial charge in [0.25, 0.3) is 0 Å². The SMILES string of the molecule is C#CC(c1ccccn1)N1CCOCC1=O.c1cc2cc-2c1. The molecule has 1 unspecified atom stereocenters. The van der Waals surface area contributed by atoms with Crippen molar-refractivity contribution in [1.29, 1.82) is 0 Å². The van der Waals surface area contributed by atoms with E-state index in [0.29, 0.717) is 13.2 Å². The van der Waals surface area contributed by atoms with Gasteiger partial charge in [-0.2, -0.15) is 0 Å². The van der Waals surface area contributed by atoms with E-state index < -0.39 is 6.04 Å². The first-order valence-electron chi connectivity index (χ1n) is 7.14. The molecule has 1 atom stereocenters. The Kier molecular flexibility index (Phi) is 4.17. The molecule has 0 saturated carbocycles. The molecule has 4 nitrogen and oxygen atoms in total. The number of carbonyl (C=O) groups is 1. The van der Waals surface area contributed by atoms with Gasteiger partial charge < -0.3 is 9.64 Å². The van der Waals surface area contributed by atoms with Crippen LogP contribution in [0.25, 0.3) is 11.1 Å². The van der Waals surface area contributed by atoms with Crippen LogP contribution < -0.4 is 0 Å². The minimum Gasteiger partial charge on any atom is -0.370 e. The maximum absolute atomic E-state index is 11.6. The fraction of sp³-hybridized carbons (Fsp3) is 0.222. The Hall–Kier alpha value is -2.64. The molecule has 1 aromatic rings. The van der Waals surface area contributed by atoms with Crippen molar-refractivity contribution in [2.75, 3.05) is 19.8 Å². The Morgan fingerprint density at radius 2 is 2.05 bits per heavy atom. The topological polar surface area (TPSA) is 42.4 Å². The Morgan fingerprint density at radius 3 is 2.55 bits per heavy atom. The summed E-state index contributed by atoms with van der Waals surface area (Å²) in [4.78, 5) is 17.5. The van der Waals surface area contributed by atoms with Crippen LogP contribution in [-0.4, -0.2) is 35.5 Å². The van der Waals surface area contributed by atoms with Crippen LogP contribution in [0.1, 0.15) is 11.7 Å². The number of hydrogen-bond acceptors (Lipinski definition) is 3. The minimum atomic E-state index is -0.391. The van der Waals surface area contributed by atoms with Crippen molar-refractivity contribution >= 4 is 5.91 Å². The fourth-order valence-corrected chi connectivity index (χ4v) is 2.35. The second-order valence-corrected chi connectivity index (χ2v) is 5.04. The lowest BCUT2D eigenvalue weighted by Crippen LogP contribution is -2.43. The second kappa shape index (κ2) is 6.42. The van der Waals surface area contributed by atoms with Crippen LogP contribution in [0.4, 0.5) is 0 Å². The molecular formula is C18H16N2O2. The Bertz CT molecular complexity index is 689. The predicted molar refractivity (Wildman–Crippen MR) is 83.8 cm³/mol. The number of terminal acetylenes is 1. The first-order valence-corrected chi connectivity index (χ1v) is 7.14. The minimum absolute atomic E-state index is 0.0835. The third-order valence-corrected chi connectivity index (χ3v) is 3.57. The van der Waals surface area contributed by atoms with Crippen LogP contribution in [-0.2, 0) is 9.53 Å². The zero-order valence-corrected chi connectivity index (χ0v) is 12.1. The van der Waals surface area contributed by atoms with Crippen molar-refractivity contribution in [1.82, 2.24) is 9.88 Å². The molecule has 1 aliphatic heterocycles. The molecule has 0 bridgehead atoms. The number of aromatic nitrogens is 1. The van der Waals surface area contributed by atoms with Crippen LogP contribution in [0.2, 0.25) is 0 Å². The number of morpholine rings is 1. The molecule has 1 aromatic heterocycles. The molecule has 0 aromatic carbocycles. The van der Waals surface area contributed by atoms with E-state index in [1.165, 1.54) is 11.1 Å². The van der Waals surface area contributed by atoms with E-state index in [-0.39, 0.29) is 12.5 Å². The van der Waals surface area contributed by atoms with Crippen molar-refractivity contribution in [3.05, 3.63) is 54.4 Å². The van der Waals surface area contributed by atoms with E-state index in [2.05, 4.69) is 35.2 Å². The number of ether oxygens (including phenoxy) is 1. The van der Waals surface area contributed by atoms with Gasteiger partial charge in [0.2, 0.25) is 5.91 Å². The Balaban J connectivity index is 0.000000196. The molecule has 1 fully saturated rings. The van der Waals surface area contributed by atoms with Gasteiger partial charge >= 0.3 is 0 Å². The van der Waals surface area contributed by atoms with Crippen LogP contribution in [0.3, 0.4) is 0 Å². The summed E-state index contributed by atoms with van der Waals surface area (Å²) in [6.07, 6.45) is 7.14. The summed E-state index contributed by atoms with van der Waals surface area (Å²) in [6.45, 7) is 1.14. The van der Waals surface area contributed by atoms with Crippen molar-refractivity contribution in [2.24, 2.45) is 0 Å². The highest BCUT2D eigenvalue weighted by molar-refractivity contribution is 5.80. The summed E-state index contributed by atoms with van der Waals surface area (Å²) in [5, 5.41) is 0. The van der Waals surface area contributed by atoms with Gasteiger partial charge in [-0.3, -0.25) is 9.78 Å². The molecule has 0 radical (unpaired) electrons. The van der Waals surface area contributed by atoms with Gasteiger partial charge in [0, 0.05) is 12.7 Å². The normalized spacial score (nSPS) is 16.1. The summed E-state index contributed by atoms with van der Waals surface area (Å²) in [5.41, 5.74) is 3.57. The molecule has 1 saturated heterocycles. The average Bonchev–Trinajstić information content (AvgIpc) is 3.17. The van der Waals surface area contributed by atoms with Crippen molar-refractivity contribution in [3.63, 3.8) is 0 Å². The highest BCUT2D eigenvalue weighted by Gasteiger charge is 2.26. The largest absolute Gasteiger partial charge is 0.370 e. The van der Waals surface area contributed by atoms with E-state index in [0.717, 1.165) is 5.69 Å². The number of pyridine rings is 1. The number of benzene rings is 1. The molecule has 4 heteroatoms. The van der Waals surface area contributed by atoms with Crippen LogP contribution in [0, 0.1) is 12.3 Å². The van der Waals surface area contributed by atoms with Gasteiger partial charge in [0.15, 0.2) is 0 Å². The third-order valence-electron chi connectivity index (χ3n) is 3.57. The fourth-order valence-electron chi connectivity index (χ4n) is 2.35. The Morgan fingerprint density at radius 1 is 1.23 bits per heavy atom. The predicted octanol–water partition coefficient (Wildman–Crippen LogP) is 2.28. The van der Waals surface area contributed by atoms with Crippen molar-refractivity contribution < 1.29 is 9.53 Å². The van der Waals surface area contributed by atoms with Gasteiger partial charge in [0.1, 0.15) is 12.6 Å². The van der Waals surface area contributed by atoms with Gasteiger partial charge in [-0.05, 0) is 29.3 Å². The number of nitrogens with zero attached hydrogens (tertiary/aromatic N) is 2. The molecular weight excluding hydrogens is 276 g/mol. The van der Waals surface area contributed by atoms with E-state index in [4.69, 9.17) is 11.2 Å². The lowest BCUT2D eigenvalue weighted by atomic mass is 10.1. The summed E-state index contributed by atoms with van der Waals surface area (Å²) in [5.74, 6) is 2.52. The quantitative estimate of drug-likeness (QED) is 0.681. The maximum atomic E-state index is 11.6. The number of fused-ring (bicyclic) bond motifs is 1. The van der Waals surface area contributed by atoms with Crippen LogP contribution in [0.5, 0.6) is 0 Å². The molecule has 2 aliphatic carbocycles. The monoisotopic (exact) mass is 292 g/mol. The van der Waals surface area contributed by atoms with Crippen LogP contribution >= 0.6 is 0 Å². The Labute approximate surface area is 129 Å². The zero-order valence-electron chi connectivity index (χ0n) is 12.1. The third kappa shape index (κ3) is 3.16. The summed E-state index contributed by atoms with van der Waals surface area (Å²) in [6, 6.07) is 13.6. The molecule has 0 N–H and O–H groups in total. The smallest absolute Gasteiger partial charge is 0.249 e. The number of carbonyl (C=O) groups excluding carboxylic acids is 1. The first kappa shape index (κ1) is 14.3. The molecule has 0 spiro atoms. The van der Waals surface area contributed by atoms with Crippen molar-refractivity contribution in [2.45, 2.75) is 6.04 Å². The molecule has 110 valence electrons. The lowest BCUT2D eigenvalue weighted by Gasteiger charge is -2.31. The van der Waals surface area contributed by atoms with E-state index >= 15 is 0 Å². The number of rotatable bonds is 2. The average molecular weight is 292 g/mol. The zero-order chi connectivity index (χ0) is 15.4. The summed E-state index contributed by atoms with van der Waals surface area (Å²) < 4.78 is 5.06. The summed E-state index contributed by atoms with van der Waals surface area (Å²) >= 11 is 0. The summed E-state index contributed by atoms with van der Waals surface area (Å²) in [7, 11) is 0. The van der Waals surface area contributed by atoms with E-state index in [1.807, 2.05) is 18.2 Å². The highest BCUT2D eigenvalue weighted by Crippen LogP contribution is 2.32. The standard InChI is InChI=1S/C12H12N2O2.C6H4/c1-2-11(10-5-3-4-6-13-10)14-7-8-16-9-12(14)15;1-2-5-4-6(5)3-1/h1,3-6,11H,7-9H2;1-4H. The van der Waals surface area contributed by atoms with Crippen molar-refractivity contribution in [3.8, 4) is 23.5 Å². The van der Waals surface area contributed by atoms with Crippen LogP contribution in [0.15, 0.2) is 48.7 Å². The van der Waals surface area contributed by atoms with Gasteiger partial charge in [-0.15, -0.1) is 6.42 Å². The number of hydrogen-bond donors (Lipinski definition) is 0. The van der Waals surface area contributed by atoms with Gasteiger partial charge in [-0.25, -0.2) is 0 Å². The first-order chi connectivity index (χ1) is 10.8. The second-order valence-electron chi connectivity index (χ2n) is 5.04. The molecule has 4 rings (SSSR count). The maximum Gasteiger partial charge on any atom is 0.249 e.